The molecule has 1 heterocycles. The quantitative estimate of drug-likeness (QED) is 0.576. The second kappa shape index (κ2) is 3.06. The summed E-state index contributed by atoms with van der Waals surface area (Å²) in [5.41, 5.74) is 0. The van der Waals surface area contributed by atoms with Crippen LogP contribution in [-0.4, -0.2) is 12.1 Å². The summed E-state index contributed by atoms with van der Waals surface area (Å²) in [7, 11) is 0. The molecule has 0 aromatic rings. The van der Waals surface area contributed by atoms with Gasteiger partial charge in [0.25, 0.3) is 0 Å². The van der Waals surface area contributed by atoms with E-state index in [-0.39, 0.29) is 12.1 Å². The summed E-state index contributed by atoms with van der Waals surface area (Å²) in [6.45, 7) is 1.45. The van der Waals surface area contributed by atoms with Crippen LogP contribution in [-0.2, 0) is 9.53 Å². The molecule has 1 aliphatic rings. The van der Waals surface area contributed by atoms with Crippen molar-refractivity contribution in [2.75, 3.05) is 0 Å². The molecule has 0 aromatic heterocycles. The standard InChI is InChI=1S/C7H9NO2/c1-6(9)8-7-4-2-3-5-10-7/h2-5,7H,1H3,(H,8,9). The van der Waals surface area contributed by atoms with Crippen molar-refractivity contribution in [3.05, 3.63) is 24.5 Å². The first kappa shape index (κ1) is 6.86. The van der Waals surface area contributed by atoms with E-state index in [4.69, 9.17) is 4.74 Å². The van der Waals surface area contributed by atoms with Gasteiger partial charge in [-0.25, -0.2) is 0 Å². The van der Waals surface area contributed by atoms with Crippen LogP contribution in [0, 0.1) is 0 Å². The Morgan fingerprint density at radius 3 is 2.90 bits per heavy atom. The van der Waals surface area contributed by atoms with Crippen molar-refractivity contribution in [2.24, 2.45) is 0 Å². The number of hydrogen-bond acceptors (Lipinski definition) is 2. The fourth-order valence-corrected chi connectivity index (χ4v) is 0.668. The van der Waals surface area contributed by atoms with Crippen LogP contribution in [0.3, 0.4) is 0 Å². The molecular formula is C7H9NO2. The molecule has 3 heteroatoms. The minimum Gasteiger partial charge on any atom is -0.475 e. The van der Waals surface area contributed by atoms with Gasteiger partial charge in [-0.05, 0) is 12.2 Å². The van der Waals surface area contributed by atoms with Crippen molar-refractivity contribution < 1.29 is 9.53 Å². The SMILES string of the molecule is CC(=O)NC1C=CC=CO1. The maximum atomic E-state index is 10.5. The first-order valence-corrected chi connectivity index (χ1v) is 3.05. The van der Waals surface area contributed by atoms with E-state index in [0.29, 0.717) is 0 Å². The fourth-order valence-electron chi connectivity index (χ4n) is 0.668. The Balaban J connectivity index is 2.37. The molecule has 3 nitrogen and oxygen atoms in total. The van der Waals surface area contributed by atoms with E-state index in [9.17, 15) is 4.79 Å². The van der Waals surface area contributed by atoms with Crippen molar-refractivity contribution in [3.63, 3.8) is 0 Å². The van der Waals surface area contributed by atoms with Crippen LogP contribution in [0.25, 0.3) is 0 Å². The zero-order valence-electron chi connectivity index (χ0n) is 5.70. The van der Waals surface area contributed by atoms with Gasteiger partial charge in [-0.15, -0.1) is 0 Å². The minimum absolute atomic E-state index is 0.0926. The number of rotatable bonds is 1. The van der Waals surface area contributed by atoms with Crippen LogP contribution in [0.15, 0.2) is 24.5 Å². The Kier molecular flexibility index (Phi) is 2.10. The molecule has 10 heavy (non-hydrogen) atoms. The highest BCUT2D eigenvalue weighted by Gasteiger charge is 2.04. The van der Waals surface area contributed by atoms with Gasteiger partial charge in [0.15, 0.2) is 6.23 Å². The molecule has 0 bridgehead atoms. The number of hydrogen-bond donors (Lipinski definition) is 1. The average molecular weight is 139 g/mol. The predicted octanol–water partition coefficient (Wildman–Crippen LogP) is 0.549. The number of carbonyl (C=O) groups excluding carboxylic acids is 1. The van der Waals surface area contributed by atoms with Crippen LogP contribution in [0.4, 0.5) is 0 Å². The molecule has 0 aromatic carbocycles. The van der Waals surface area contributed by atoms with E-state index >= 15 is 0 Å². The van der Waals surface area contributed by atoms with Gasteiger partial charge in [-0.2, -0.15) is 0 Å². The molecule has 1 unspecified atom stereocenters. The molecular weight excluding hydrogens is 130 g/mol. The summed E-state index contributed by atoms with van der Waals surface area (Å²) in [6.07, 6.45) is 6.60. The normalized spacial score (nSPS) is 21.9. The van der Waals surface area contributed by atoms with Gasteiger partial charge < -0.3 is 10.1 Å². The van der Waals surface area contributed by atoms with E-state index in [1.54, 1.807) is 18.4 Å². The molecule has 1 amide bonds. The van der Waals surface area contributed by atoms with Gasteiger partial charge >= 0.3 is 0 Å². The van der Waals surface area contributed by atoms with E-state index < -0.39 is 0 Å². The first-order valence-electron chi connectivity index (χ1n) is 3.05. The molecule has 0 saturated heterocycles. The Hall–Kier alpha value is -1.25. The number of allylic oxidation sites excluding steroid dienone is 2. The summed E-state index contributed by atoms with van der Waals surface area (Å²) in [5, 5.41) is 2.58. The van der Waals surface area contributed by atoms with Gasteiger partial charge in [0.1, 0.15) is 0 Å². The number of nitrogens with one attached hydrogen (secondary N) is 1. The molecule has 0 fully saturated rings. The molecule has 54 valence electrons. The molecule has 1 N–H and O–H groups in total. The van der Waals surface area contributed by atoms with Gasteiger partial charge in [-0.1, -0.05) is 6.08 Å². The van der Waals surface area contributed by atoms with Gasteiger partial charge in [-0.3, -0.25) is 4.79 Å². The molecule has 1 rings (SSSR count). The van der Waals surface area contributed by atoms with E-state index in [2.05, 4.69) is 5.32 Å². The van der Waals surface area contributed by atoms with E-state index in [1.807, 2.05) is 6.08 Å². The van der Waals surface area contributed by atoms with Gasteiger partial charge in [0.05, 0.1) is 6.26 Å². The Bertz CT molecular complexity index is 184. The fraction of sp³-hybridized carbons (Fsp3) is 0.286. The smallest absolute Gasteiger partial charge is 0.219 e. The lowest BCUT2D eigenvalue weighted by Crippen LogP contribution is -2.33. The maximum absolute atomic E-state index is 10.5. The Morgan fingerprint density at radius 2 is 2.40 bits per heavy atom. The highest BCUT2D eigenvalue weighted by Crippen LogP contribution is 1.97. The molecule has 1 aliphatic heterocycles. The van der Waals surface area contributed by atoms with Crippen molar-refractivity contribution in [3.8, 4) is 0 Å². The van der Waals surface area contributed by atoms with Crippen molar-refractivity contribution in [1.82, 2.24) is 5.32 Å². The second-order valence-electron chi connectivity index (χ2n) is 1.97. The number of carbonyl (C=O) groups is 1. The molecule has 0 spiro atoms. The minimum atomic E-state index is -0.289. The number of ether oxygens (including phenoxy) is 1. The third kappa shape index (κ3) is 1.93. The molecule has 0 radical (unpaired) electrons. The van der Waals surface area contributed by atoms with Gasteiger partial charge in [0, 0.05) is 6.92 Å². The zero-order chi connectivity index (χ0) is 7.40. The highest BCUT2D eigenvalue weighted by atomic mass is 16.5. The predicted molar refractivity (Wildman–Crippen MR) is 37.0 cm³/mol. The monoisotopic (exact) mass is 139 g/mol. The lowest BCUT2D eigenvalue weighted by atomic mass is 10.4. The van der Waals surface area contributed by atoms with E-state index in [0.717, 1.165) is 0 Å². The second-order valence-corrected chi connectivity index (χ2v) is 1.97. The van der Waals surface area contributed by atoms with Crippen molar-refractivity contribution in [1.29, 1.82) is 0 Å². The zero-order valence-corrected chi connectivity index (χ0v) is 5.70. The largest absolute Gasteiger partial charge is 0.475 e. The maximum Gasteiger partial charge on any atom is 0.219 e. The lowest BCUT2D eigenvalue weighted by Gasteiger charge is -2.14. The van der Waals surface area contributed by atoms with Crippen molar-refractivity contribution in [2.45, 2.75) is 13.2 Å². The average Bonchev–Trinajstić information content (AvgIpc) is 1.88. The van der Waals surface area contributed by atoms with Gasteiger partial charge in [0.2, 0.25) is 5.91 Å². The first-order chi connectivity index (χ1) is 4.79. The summed E-state index contributed by atoms with van der Waals surface area (Å²) >= 11 is 0. The summed E-state index contributed by atoms with van der Waals surface area (Å²) in [4.78, 5) is 10.5. The Morgan fingerprint density at radius 1 is 1.60 bits per heavy atom. The number of amides is 1. The lowest BCUT2D eigenvalue weighted by molar-refractivity contribution is -0.121. The van der Waals surface area contributed by atoms with Crippen LogP contribution in [0.5, 0.6) is 0 Å². The summed E-state index contributed by atoms with van der Waals surface area (Å²) in [6, 6.07) is 0. The van der Waals surface area contributed by atoms with Crippen LogP contribution in [0.2, 0.25) is 0 Å². The molecule has 0 aliphatic carbocycles. The van der Waals surface area contributed by atoms with Crippen LogP contribution < -0.4 is 5.32 Å². The van der Waals surface area contributed by atoms with Crippen LogP contribution >= 0.6 is 0 Å². The third-order valence-electron chi connectivity index (χ3n) is 1.05. The summed E-state index contributed by atoms with van der Waals surface area (Å²) < 4.78 is 4.99. The third-order valence-corrected chi connectivity index (χ3v) is 1.05. The van der Waals surface area contributed by atoms with Crippen LogP contribution in [0.1, 0.15) is 6.92 Å². The highest BCUT2D eigenvalue weighted by molar-refractivity contribution is 5.73. The topological polar surface area (TPSA) is 38.3 Å². The van der Waals surface area contributed by atoms with E-state index in [1.165, 1.54) is 6.92 Å². The van der Waals surface area contributed by atoms with Crippen molar-refractivity contribution >= 4 is 5.91 Å². The summed E-state index contributed by atoms with van der Waals surface area (Å²) in [5.74, 6) is -0.0926. The molecule has 1 atom stereocenters. The Labute approximate surface area is 59.4 Å². The molecule has 0 saturated carbocycles.